The first-order valence-electron chi connectivity index (χ1n) is 6.76. The Balaban J connectivity index is 2.21. The lowest BCUT2D eigenvalue weighted by molar-refractivity contribution is 0.650. The molecule has 0 aliphatic heterocycles. The number of rotatable bonds is 7. The van der Waals surface area contributed by atoms with Gasteiger partial charge < -0.3 is 0 Å². The van der Waals surface area contributed by atoms with Crippen molar-refractivity contribution in [3.8, 4) is 12.3 Å². The highest BCUT2D eigenvalue weighted by atomic mass is 14.0. The second-order valence-electron chi connectivity index (χ2n) is 5.01. The smallest absolute Gasteiger partial charge is 0.00860 e. The molecule has 1 aromatic rings. The minimum absolute atomic E-state index is 0.632. The lowest BCUT2D eigenvalue weighted by Crippen LogP contribution is -1.90. The van der Waals surface area contributed by atoms with Crippen LogP contribution in [0, 0.1) is 12.3 Å². The molecule has 0 aromatic heterocycles. The number of aryl methyl sites for hydroxylation is 1. The first-order valence-corrected chi connectivity index (χ1v) is 6.76. The Morgan fingerprint density at radius 1 is 1.00 bits per heavy atom. The molecule has 17 heavy (non-hydrogen) atoms. The molecular formula is C17H24. The highest BCUT2D eigenvalue weighted by Gasteiger charge is 1.98. The molecule has 0 heterocycles. The van der Waals surface area contributed by atoms with Gasteiger partial charge in [-0.2, -0.15) is 0 Å². The second kappa shape index (κ2) is 7.96. The van der Waals surface area contributed by atoms with E-state index in [4.69, 9.17) is 6.42 Å². The van der Waals surface area contributed by atoms with Gasteiger partial charge in [-0.3, -0.25) is 0 Å². The van der Waals surface area contributed by atoms with Crippen molar-refractivity contribution in [1.29, 1.82) is 0 Å². The third kappa shape index (κ3) is 5.59. The summed E-state index contributed by atoms with van der Waals surface area (Å²) in [7, 11) is 0. The zero-order valence-corrected chi connectivity index (χ0v) is 11.2. The normalized spacial score (nSPS) is 10.5. The van der Waals surface area contributed by atoms with Crippen molar-refractivity contribution in [3.63, 3.8) is 0 Å². The largest absolute Gasteiger partial charge is 0.120 e. The lowest BCUT2D eigenvalue weighted by Gasteiger charge is -2.06. The number of hydrogen-bond acceptors (Lipinski definition) is 0. The van der Waals surface area contributed by atoms with Crippen LogP contribution in [0.4, 0.5) is 0 Å². The Hall–Kier alpha value is -1.22. The number of hydrogen-bond donors (Lipinski definition) is 0. The SMILES string of the molecule is C#CCCCCCCc1ccc(C(C)C)cc1. The highest BCUT2D eigenvalue weighted by Crippen LogP contribution is 2.16. The van der Waals surface area contributed by atoms with E-state index in [-0.39, 0.29) is 0 Å². The van der Waals surface area contributed by atoms with Crippen molar-refractivity contribution in [2.45, 2.75) is 58.3 Å². The van der Waals surface area contributed by atoms with Crippen LogP contribution in [0.3, 0.4) is 0 Å². The zero-order chi connectivity index (χ0) is 12.5. The van der Waals surface area contributed by atoms with Crippen molar-refractivity contribution < 1.29 is 0 Å². The predicted octanol–water partition coefficient (Wildman–Crippen LogP) is 4.94. The summed E-state index contributed by atoms with van der Waals surface area (Å²) < 4.78 is 0. The Bertz CT molecular complexity index is 337. The first-order chi connectivity index (χ1) is 8.24. The van der Waals surface area contributed by atoms with Gasteiger partial charge in [0.2, 0.25) is 0 Å². The molecule has 0 radical (unpaired) electrons. The maximum Gasteiger partial charge on any atom is 0.00860 e. The lowest BCUT2D eigenvalue weighted by atomic mass is 9.99. The van der Waals surface area contributed by atoms with E-state index in [1.54, 1.807) is 0 Å². The zero-order valence-electron chi connectivity index (χ0n) is 11.2. The molecule has 0 amide bonds. The van der Waals surface area contributed by atoms with Crippen molar-refractivity contribution in [2.24, 2.45) is 0 Å². The van der Waals surface area contributed by atoms with Gasteiger partial charge in [0.25, 0.3) is 0 Å². The van der Waals surface area contributed by atoms with Gasteiger partial charge in [0.05, 0.1) is 0 Å². The highest BCUT2D eigenvalue weighted by molar-refractivity contribution is 5.24. The van der Waals surface area contributed by atoms with E-state index < -0.39 is 0 Å². The third-order valence-corrected chi connectivity index (χ3v) is 3.18. The number of benzene rings is 1. The Morgan fingerprint density at radius 3 is 2.24 bits per heavy atom. The molecule has 0 nitrogen and oxygen atoms in total. The molecule has 0 aliphatic carbocycles. The van der Waals surface area contributed by atoms with E-state index in [2.05, 4.69) is 44.0 Å². The predicted molar refractivity (Wildman–Crippen MR) is 76.2 cm³/mol. The summed E-state index contributed by atoms with van der Waals surface area (Å²) in [5.74, 6) is 3.33. The van der Waals surface area contributed by atoms with E-state index in [1.807, 2.05) is 0 Å². The summed E-state index contributed by atoms with van der Waals surface area (Å²) in [4.78, 5) is 0. The van der Waals surface area contributed by atoms with Gasteiger partial charge in [0.15, 0.2) is 0 Å². The van der Waals surface area contributed by atoms with Gasteiger partial charge in [-0.1, -0.05) is 51.0 Å². The van der Waals surface area contributed by atoms with Crippen molar-refractivity contribution in [1.82, 2.24) is 0 Å². The monoisotopic (exact) mass is 228 g/mol. The van der Waals surface area contributed by atoms with Crippen molar-refractivity contribution >= 4 is 0 Å². The average molecular weight is 228 g/mol. The fourth-order valence-corrected chi connectivity index (χ4v) is 1.98. The van der Waals surface area contributed by atoms with E-state index in [0.29, 0.717) is 5.92 Å². The molecule has 0 aliphatic rings. The minimum Gasteiger partial charge on any atom is -0.120 e. The molecule has 0 unspecified atom stereocenters. The molecule has 0 spiro atoms. The summed E-state index contributed by atoms with van der Waals surface area (Å²) in [5, 5.41) is 0. The molecule has 0 saturated heterocycles. The van der Waals surface area contributed by atoms with Gasteiger partial charge in [-0.25, -0.2) is 0 Å². The molecule has 1 aromatic carbocycles. The van der Waals surface area contributed by atoms with Crippen molar-refractivity contribution in [3.05, 3.63) is 35.4 Å². The molecule has 1 rings (SSSR count). The summed E-state index contributed by atoms with van der Waals surface area (Å²) >= 11 is 0. The van der Waals surface area contributed by atoms with Gasteiger partial charge in [0, 0.05) is 6.42 Å². The van der Waals surface area contributed by atoms with E-state index in [9.17, 15) is 0 Å². The van der Waals surface area contributed by atoms with Crippen LogP contribution in [0.15, 0.2) is 24.3 Å². The summed E-state index contributed by atoms with van der Waals surface area (Å²) in [5.41, 5.74) is 2.90. The van der Waals surface area contributed by atoms with Gasteiger partial charge in [-0.05, 0) is 36.3 Å². The fourth-order valence-electron chi connectivity index (χ4n) is 1.98. The minimum atomic E-state index is 0.632. The van der Waals surface area contributed by atoms with Crippen molar-refractivity contribution in [2.75, 3.05) is 0 Å². The molecular weight excluding hydrogens is 204 g/mol. The standard InChI is InChI=1S/C17H24/c1-4-5-6-7-8-9-10-16-11-13-17(14-12-16)15(2)3/h1,11-15H,5-10H2,2-3H3. The molecule has 0 fully saturated rings. The summed E-state index contributed by atoms with van der Waals surface area (Å²) in [6, 6.07) is 9.07. The topological polar surface area (TPSA) is 0 Å². The molecule has 0 saturated carbocycles. The Labute approximate surface area is 106 Å². The fraction of sp³-hybridized carbons (Fsp3) is 0.529. The quantitative estimate of drug-likeness (QED) is 0.458. The van der Waals surface area contributed by atoms with Crippen LogP contribution in [0.5, 0.6) is 0 Å². The van der Waals surface area contributed by atoms with Gasteiger partial charge >= 0.3 is 0 Å². The molecule has 0 heteroatoms. The molecule has 92 valence electrons. The van der Waals surface area contributed by atoms with Crippen LogP contribution in [-0.2, 0) is 6.42 Å². The number of terminal acetylenes is 1. The van der Waals surface area contributed by atoms with Crippen LogP contribution < -0.4 is 0 Å². The van der Waals surface area contributed by atoms with Crippen LogP contribution in [-0.4, -0.2) is 0 Å². The Morgan fingerprint density at radius 2 is 1.65 bits per heavy atom. The summed E-state index contributed by atoms with van der Waals surface area (Å²) in [6.07, 6.45) is 12.4. The average Bonchev–Trinajstić information content (AvgIpc) is 2.34. The van der Waals surface area contributed by atoms with Crippen LogP contribution in [0.2, 0.25) is 0 Å². The van der Waals surface area contributed by atoms with E-state index in [1.165, 1.54) is 43.2 Å². The first kappa shape index (κ1) is 13.8. The summed E-state index contributed by atoms with van der Waals surface area (Å²) in [6.45, 7) is 4.47. The van der Waals surface area contributed by atoms with Gasteiger partial charge in [0.1, 0.15) is 0 Å². The second-order valence-corrected chi connectivity index (χ2v) is 5.01. The van der Waals surface area contributed by atoms with Crippen LogP contribution >= 0.6 is 0 Å². The van der Waals surface area contributed by atoms with E-state index in [0.717, 1.165) is 6.42 Å². The van der Waals surface area contributed by atoms with Gasteiger partial charge in [-0.15, -0.1) is 12.3 Å². The Kier molecular flexibility index (Phi) is 6.48. The van der Waals surface area contributed by atoms with Crippen LogP contribution in [0.1, 0.15) is 63.0 Å². The molecule has 0 N–H and O–H groups in total. The molecule has 0 bridgehead atoms. The van der Waals surface area contributed by atoms with E-state index >= 15 is 0 Å². The third-order valence-electron chi connectivity index (χ3n) is 3.18. The van der Waals surface area contributed by atoms with Crippen LogP contribution in [0.25, 0.3) is 0 Å². The molecule has 0 atom stereocenters. The maximum absolute atomic E-state index is 5.22. The maximum atomic E-state index is 5.22. The number of unbranched alkanes of at least 4 members (excludes halogenated alkanes) is 4.